The number of rotatable bonds is 8. The van der Waals surface area contributed by atoms with Gasteiger partial charge >= 0.3 is 0 Å². The minimum atomic E-state index is -0.0466. The Balaban J connectivity index is 1.27. The van der Waals surface area contributed by atoms with Crippen molar-refractivity contribution in [1.29, 1.82) is 0 Å². The fourth-order valence-corrected chi connectivity index (χ4v) is 4.70. The minimum absolute atomic E-state index is 0.0466. The number of para-hydroxylation sites is 2. The first kappa shape index (κ1) is 24.4. The maximum absolute atomic E-state index is 12.5. The van der Waals surface area contributed by atoms with Crippen LogP contribution in [-0.4, -0.2) is 37.0 Å². The molecule has 1 fully saturated rings. The molecule has 1 amide bonds. The highest BCUT2D eigenvalue weighted by Gasteiger charge is 2.21. The second-order valence-electron chi connectivity index (χ2n) is 8.40. The van der Waals surface area contributed by atoms with E-state index < -0.39 is 0 Å². The summed E-state index contributed by atoms with van der Waals surface area (Å²) in [6.07, 6.45) is 2.00. The van der Waals surface area contributed by atoms with Gasteiger partial charge in [0.25, 0.3) is 0 Å². The van der Waals surface area contributed by atoms with Crippen LogP contribution in [0.1, 0.15) is 24.0 Å². The molecule has 3 aromatic carbocycles. The molecule has 0 aliphatic carbocycles. The normalized spacial score (nSPS) is 14.6. The van der Waals surface area contributed by atoms with E-state index in [1.165, 1.54) is 5.56 Å². The van der Waals surface area contributed by atoms with Crippen LogP contribution < -0.4 is 14.8 Å². The van der Waals surface area contributed by atoms with Crippen LogP contribution in [-0.2, 0) is 17.8 Å². The molecule has 7 heteroatoms. The van der Waals surface area contributed by atoms with E-state index in [0.717, 1.165) is 38.2 Å². The molecule has 5 nitrogen and oxygen atoms in total. The highest BCUT2D eigenvalue weighted by Crippen LogP contribution is 2.31. The first-order valence-corrected chi connectivity index (χ1v) is 12.1. The van der Waals surface area contributed by atoms with E-state index in [1.54, 1.807) is 25.3 Å². The van der Waals surface area contributed by atoms with Crippen molar-refractivity contribution in [2.24, 2.45) is 0 Å². The number of ether oxygens (including phenoxy) is 2. The van der Waals surface area contributed by atoms with Crippen LogP contribution in [0.3, 0.4) is 0 Å². The zero-order valence-corrected chi connectivity index (χ0v) is 20.6. The van der Waals surface area contributed by atoms with Crippen molar-refractivity contribution in [3.63, 3.8) is 0 Å². The van der Waals surface area contributed by atoms with Crippen LogP contribution in [0.4, 0.5) is 0 Å². The molecule has 34 heavy (non-hydrogen) atoms. The molecule has 0 atom stereocenters. The number of piperidine rings is 1. The molecule has 3 aromatic rings. The number of hydrogen-bond acceptors (Lipinski definition) is 4. The SMILES string of the molecule is COc1ccccc1Oc1cccc(CN2CCC(NC(=O)Cc3c(Cl)cccc3Cl)CC2)c1. The molecule has 1 aliphatic heterocycles. The predicted molar refractivity (Wildman–Crippen MR) is 136 cm³/mol. The molecule has 4 rings (SSSR count). The smallest absolute Gasteiger partial charge is 0.224 e. The number of carbonyl (C=O) groups is 1. The largest absolute Gasteiger partial charge is 0.493 e. The van der Waals surface area contributed by atoms with Crippen molar-refractivity contribution >= 4 is 29.1 Å². The summed E-state index contributed by atoms with van der Waals surface area (Å²) in [4.78, 5) is 14.9. The van der Waals surface area contributed by atoms with E-state index in [-0.39, 0.29) is 18.4 Å². The van der Waals surface area contributed by atoms with Gasteiger partial charge in [0.15, 0.2) is 11.5 Å². The summed E-state index contributed by atoms with van der Waals surface area (Å²) in [7, 11) is 1.64. The van der Waals surface area contributed by atoms with Crippen molar-refractivity contribution in [2.75, 3.05) is 20.2 Å². The molecule has 0 spiro atoms. The van der Waals surface area contributed by atoms with Crippen molar-refractivity contribution in [3.8, 4) is 17.2 Å². The Kier molecular flexibility index (Phi) is 8.33. The fraction of sp³-hybridized carbons (Fsp3) is 0.296. The molecular weight excluding hydrogens is 471 g/mol. The lowest BCUT2D eigenvalue weighted by atomic mass is 10.0. The van der Waals surface area contributed by atoms with Gasteiger partial charge in [-0.05, 0) is 60.4 Å². The van der Waals surface area contributed by atoms with Crippen molar-refractivity contribution in [3.05, 3.63) is 87.9 Å². The van der Waals surface area contributed by atoms with Gasteiger partial charge in [0, 0.05) is 35.7 Å². The number of amides is 1. The van der Waals surface area contributed by atoms with Crippen LogP contribution in [0.5, 0.6) is 17.2 Å². The first-order chi connectivity index (χ1) is 16.5. The van der Waals surface area contributed by atoms with Crippen LogP contribution in [0, 0.1) is 0 Å². The van der Waals surface area contributed by atoms with Gasteiger partial charge in [-0.25, -0.2) is 0 Å². The molecule has 0 unspecified atom stereocenters. The molecule has 0 bridgehead atoms. The van der Waals surface area contributed by atoms with Gasteiger partial charge in [-0.2, -0.15) is 0 Å². The number of nitrogens with zero attached hydrogens (tertiary/aromatic N) is 1. The average molecular weight is 499 g/mol. The second kappa shape index (κ2) is 11.6. The third kappa shape index (κ3) is 6.44. The number of nitrogens with one attached hydrogen (secondary N) is 1. The number of hydrogen-bond donors (Lipinski definition) is 1. The number of halogens is 2. The van der Waals surface area contributed by atoms with Gasteiger partial charge in [-0.15, -0.1) is 0 Å². The zero-order chi connectivity index (χ0) is 23.9. The molecule has 1 aliphatic rings. The molecule has 178 valence electrons. The summed E-state index contributed by atoms with van der Waals surface area (Å²) < 4.78 is 11.4. The van der Waals surface area contributed by atoms with E-state index in [9.17, 15) is 4.79 Å². The van der Waals surface area contributed by atoms with Gasteiger partial charge in [0.2, 0.25) is 5.91 Å². The summed E-state index contributed by atoms with van der Waals surface area (Å²) in [6.45, 7) is 2.66. The molecule has 1 heterocycles. The third-order valence-corrected chi connectivity index (χ3v) is 6.66. The highest BCUT2D eigenvalue weighted by atomic mass is 35.5. The Morgan fingerprint density at radius 1 is 0.971 bits per heavy atom. The molecule has 1 saturated heterocycles. The van der Waals surface area contributed by atoms with Crippen molar-refractivity contribution in [1.82, 2.24) is 10.2 Å². The highest BCUT2D eigenvalue weighted by molar-refractivity contribution is 6.36. The lowest BCUT2D eigenvalue weighted by Crippen LogP contribution is -2.44. The van der Waals surface area contributed by atoms with Gasteiger partial charge in [0.1, 0.15) is 5.75 Å². The average Bonchev–Trinajstić information content (AvgIpc) is 2.83. The first-order valence-electron chi connectivity index (χ1n) is 11.4. The Bertz CT molecular complexity index is 1110. The topological polar surface area (TPSA) is 50.8 Å². The third-order valence-electron chi connectivity index (χ3n) is 5.95. The number of benzene rings is 3. The Morgan fingerprint density at radius 3 is 2.35 bits per heavy atom. The van der Waals surface area contributed by atoms with Crippen LogP contribution >= 0.6 is 23.2 Å². The van der Waals surface area contributed by atoms with E-state index >= 15 is 0 Å². The number of carbonyl (C=O) groups excluding carboxylic acids is 1. The predicted octanol–water partition coefficient (Wildman–Crippen LogP) is 6.12. The van der Waals surface area contributed by atoms with Gasteiger partial charge in [0.05, 0.1) is 13.5 Å². The maximum Gasteiger partial charge on any atom is 0.224 e. The van der Waals surface area contributed by atoms with Gasteiger partial charge in [-0.3, -0.25) is 9.69 Å². The monoisotopic (exact) mass is 498 g/mol. The van der Waals surface area contributed by atoms with Gasteiger partial charge in [-0.1, -0.05) is 53.5 Å². The van der Waals surface area contributed by atoms with Gasteiger partial charge < -0.3 is 14.8 Å². The standard InChI is InChI=1S/C27H28Cl2N2O3/c1-33-25-10-2-3-11-26(25)34-21-7-4-6-19(16-21)18-31-14-12-20(13-15-31)30-27(32)17-22-23(28)8-5-9-24(22)29/h2-11,16,20H,12-15,17-18H2,1H3,(H,30,32). The summed E-state index contributed by atoms with van der Waals surface area (Å²) in [5.41, 5.74) is 1.86. The molecular formula is C27H28Cl2N2O3. The Labute approximate surface area is 210 Å². The maximum atomic E-state index is 12.5. The van der Waals surface area contributed by atoms with Crippen LogP contribution in [0.25, 0.3) is 0 Å². The van der Waals surface area contributed by atoms with E-state index in [4.69, 9.17) is 32.7 Å². The summed E-state index contributed by atoms with van der Waals surface area (Å²) in [5.74, 6) is 2.13. The fourth-order valence-electron chi connectivity index (χ4n) is 4.17. The lowest BCUT2D eigenvalue weighted by molar-refractivity contribution is -0.121. The Morgan fingerprint density at radius 2 is 1.65 bits per heavy atom. The summed E-state index contributed by atoms with van der Waals surface area (Å²) in [6, 6.07) is 21.2. The molecule has 0 aromatic heterocycles. The van der Waals surface area contributed by atoms with E-state index in [0.29, 0.717) is 27.1 Å². The lowest BCUT2D eigenvalue weighted by Gasteiger charge is -2.32. The van der Waals surface area contributed by atoms with E-state index in [2.05, 4.69) is 22.3 Å². The van der Waals surface area contributed by atoms with Crippen molar-refractivity contribution < 1.29 is 14.3 Å². The molecule has 0 radical (unpaired) electrons. The second-order valence-corrected chi connectivity index (χ2v) is 9.21. The Hall–Kier alpha value is -2.73. The quantitative estimate of drug-likeness (QED) is 0.406. The zero-order valence-electron chi connectivity index (χ0n) is 19.1. The van der Waals surface area contributed by atoms with Crippen LogP contribution in [0.2, 0.25) is 10.0 Å². The van der Waals surface area contributed by atoms with Crippen LogP contribution in [0.15, 0.2) is 66.7 Å². The number of likely N-dealkylation sites (tertiary alicyclic amines) is 1. The van der Waals surface area contributed by atoms with E-state index in [1.807, 2.05) is 36.4 Å². The summed E-state index contributed by atoms with van der Waals surface area (Å²) >= 11 is 12.4. The molecule has 1 N–H and O–H groups in total. The van der Waals surface area contributed by atoms with Crippen molar-refractivity contribution in [2.45, 2.75) is 31.8 Å². The minimum Gasteiger partial charge on any atom is -0.493 e. The molecule has 0 saturated carbocycles. The summed E-state index contributed by atoms with van der Waals surface area (Å²) in [5, 5.41) is 4.18. The number of methoxy groups -OCH3 is 1.